The lowest BCUT2D eigenvalue weighted by Gasteiger charge is -2.18. The quantitative estimate of drug-likeness (QED) is 0.912. The van der Waals surface area contributed by atoms with Crippen LogP contribution in [0.5, 0.6) is 0 Å². The van der Waals surface area contributed by atoms with Crippen LogP contribution in [0, 0.1) is 6.92 Å². The molecule has 0 radical (unpaired) electrons. The topological polar surface area (TPSA) is 49.2 Å². The van der Waals surface area contributed by atoms with Crippen molar-refractivity contribution in [3.05, 3.63) is 39.5 Å². The number of hydrogen-bond acceptors (Lipinski definition) is 5. The molecule has 0 fully saturated rings. The van der Waals surface area contributed by atoms with Crippen molar-refractivity contribution in [1.82, 2.24) is 9.97 Å². The third-order valence-electron chi connectivity index (χ3n) is 2.93. The minimum Gasteiger partial charge on any atom is -0.392 e. The zero-order valence-corrected chi connectivity index (χ0v) is 12.4. The predicted molar refractivity (Wildman–Crippen MR) is 78.5 cm³/mol. The normalized spacial score (nSPS) is 10.7. The second-order valence-electron chi connectivity index (χ2n) is 4.55. The number of pyridine rings is 1. The Hall–Kier alpha value is -1.46. The Balaban J connectivity index is 2.20. The first-order valence-electron chi connectivity index (χ1n) is 6.35. The summed E-state index contributed by atoms with van der Waals surface area (Å²) in [5.41, 5.74) is 2.96. The summed E-state index contributed by atoms with van der Waals surface area (Å²) in [6.45, 7) is 4.85. The van der Waals surface area contributed by atoms with Gasteiger partial charge in [-0.15, -0.1) is 11.3 Å². The van der Waals surface area contributed by atoms with E-state index in [1.807, 2.05) is 26.1 Å². The second-order valence-corrected chi connectivity index (χ2v) is 5.61. The number of rotatable bonds is 5. The van der Waals surface area contributed by atoms with Crippen molar-refractivity contribution in [2.45, 2.75) is 33.4 Å². The fourth-order valence-corrected chi connectivity index (χ4v) is 2.51. The van der Waals surface area contributed by atoms with Gasteiger partial charge in [0.2, 0.25) is 0 Å². The SMILES string of the molecule is CCc1cc(CO)cc(N(C)Cc2csc(C)n2)n1. The van der Waals surface area contributed by atoms with Crippen LogP contribution in [0.3, 0.4) is 0 Å². The van der Waals surface area contributed by atoms with Gasteiger partial charge in [-0.1, -0.05) is 6.92 Å². The molecule has 2 aromatic rings. The zero-order valence-electron chi connectivity index (χ0n) is 11.6. The molecule has 1 N–H and O–H groups in total. The number of anilines is 1. The van der Waals surface area contributed by atoms with Crippen LogP contribution in [0.25, 0.3) is 0 Å². The maximum atomic E-state index is 9.30. The van der Waals surface area contributed by atoms with E-state index in [4.69, 9.17) is 0 Å². The molecule has 0 aliphatic heterocycles. The predicted octanol–water partition coefficient (Wildman–Crippen LogP) is 2.54. The summed E-state index contributed by atoms with van der Waals surface area (Å²) in [5, 5.41) is 12.5. The van der Waals surface area contributed by atoms with E-state index >= 15 is 0 Å². The molecule has 2 aromatic heterocycles. The summed E-state index contributed by atoms with van der Waals surface area (Å²) >= 11 is 1.66. The van der Waals surface area contributed by atoms with Gasteiger partial charge in [0.25, 0.3) is 0 Å². The van der Waals surface area contributed by atoms with Crippen LogP contribution in [0.2, 0.25) is 0 Å². The molecule has 0 aliphatic rings. The molecule has 0 unspecified atom stereocenters. The van der Waals surface area contributed by atoms with Crippen molar-refractivity contribution in [3.8, 4) is 0 Å². The largest absolute Gasteiger partial charge is 0.392 e. The van der Waals surface area contributed by atoms with Gasteiger partial charge in [-0.25, -0.2) is 9.97 Å². The maximum absolute atomic E-state index is 9.30. The first-order chi connectivity index (χ1) is 9.12. The summed E-state index contributed by atoms with van der Waals surface area (Å²) in [6, 6.07) is 3.88. The summed E-state index contributed by atoms with van der Waals surface area (Å²) in [6.07, 6.45) is 0.866. The van der Waals surface area contributed by atoms with Gasteiger partial charge in [0.15, 0.2) is 0 Å². The summed E-state index contributed by atoms with van der Waals surface area (Å²) < 4.78 is 0. The minimum atomic E-state index is 0.0478. The van der Waals surface area contributed by atoms with Crippen LogP contribution >= 0.6 is 11.3 Å². The maximum Gasteiger partial charge on any atom is 0.129 e. The Labute approximate surface area is 117 Å². The number of aryl methyl sites for hydroxylation is 2. The first kappa shape index (κ1) is 14.0. The van der Waals surface area contributed by atoms with E-state index in [9.17, 15) is 5.11 Å². The Kier molecular flexibility index (Phi) is 4.50. The molecule has 0 amide bonds. The van der Waals surface area contributed by atoms with Crippen molar-refractivity contribution >= 4 is 17.2 Å². The molecular formula is C14H19N3OS. The van der Waals surface area contributed by atoms with Crippen molar-refractivity contribution in [2.75, 3.05) is 11.9 Å². The highest BCUT2D eigenvalue weighted by Crippen LogP contribution is 2.18. The van der Waals surface area contributed by atoms with E-state index in [0.29, 0.717) is 0 Å². The lowest BCUT2D eigenvalue weighted by atomic mass is 10.2. The number of aliphatic hydroxyl groups is 1. The molecule has 0 aromatic carbocycles. The molecule has 2 heterocycles. The van der Waals surface area contributed by atoms with E-state index in [1.54, 1.807) is 11.3 Å². The van der Waals surface area contributed by atoms with E-state index in [2.05, 4.69) is 27.2 Å². The Morgan fingerprint density at radius 3 is 2.63 bits per heavy atom. The van der Waals surface area contributed by atoms with E-state index in [-0.39, 0.29) is 6.61 Å². The molecule has 0 atom stereocenters. The van der Waals surface area contributed by atoms with Gasteiger partial charge in [-0.05, 0) is 31.0 Å². The smallest absolute Gasteiger partial charge is 0.129 e. The molecule has 0 spiro atoms. The third kappa shape index (κ3) is 3.52. The van der Waals surface area contributed by atoms with Crippen LogP contribution in [0.1, 0.15) is 28.9 Å². The summed E-state index contributed by atoms with van der Waals surface area (Å²) in [4.78, 5) is 11.1. The minimum absolute atomic E-state index is 0.0478. The molecule has 19 heavy (non-hydrogen) atoms. The lowest BCUT2D eigenvalue weighted by molar-refractivity contribution is 0.281. The third-order valence-corrected chi connectivity index (χ3v) is 3.75. The Morgan fingerprint density at radius 1 is 1.26 bits per heavy atom. The molecule has 0 bridgehead atoms. The number of nitrogens with zero attached hydrogens (tertiary/aromatic N) is 3. The van der Waals surface area contributed by atoms with E-state index in [0.717, 1.165) is 40.7 Å². The van der Waals surface area contributed by atoms with E-state index in [1.165, 1.54) is 0 Å². The molecule has 102 valence electrons. The standard InChI is InChI=1S/C14H19N3OS/c1-4-12-5-11(8-18)6-14(16-12)17(3)7-13-9-19-10(2)15-13/h5-6,9,18H,4,7-8H2,1-3H3. The van der Waals surface area contributed by atoms with Gasteiger partial charge in [0.1, 0.15) is 5.82 Å². The van der Waals surface area contributed by atoms with Crippen molar-refractivity contribution < 1.29 is 5.11 Å². The number of aliphatic hydroxyl groups excluding tert-OH is 1. The molecule has 2 rings (SSSR count). The number of thiazole rings is 1. The van der Waals surface area contributed by atoms with Gasteiger partial charge in [-0.3, -0.25) is 0 Å². The average molecular weight is 277 g/mol. The van der Waals surface area contributed by atoms with Gasteiger partial charge < -0.3 is 10.0 Å². The Morgan fingerprint density at radius 2 is 2.05 bits per heavy atom. The highest BCUT2D eigenvalue weighted by atomic mass is 32.1. The van der Waals surface area contributed by atoms with Crippen LogP contribution < -0.4 is 4.90 Å². The molecule has 4 nitrogen and oxygen atoms in total. The fraction of sp³-hybridized carbons (Fsp3) is 0.429. The average Bonchev–Trinajstić information content (AvgIpc) is 2.83. The van der Waals surface area contributed by atoms with E-state index < -0.39 is 0 Å². The van der Waals surface area contributed by atoms with Gasteiger partial charge in [0.05, 0.1) is 23.9 Å². The van der Waals surface area contributed by atoms with Crippen LogP contribution in [-0.2, 0) is 19.6 Å². The highest BCUT2D eigenvalue weighted by molar-refractivity contribution is 7.09. The van der Waals surface area contributed by atoms with Crippen molar-refractivity contribution in [3.63, 3.8) is 0 Å². The monoisotopic (exact) mass is 277 g/mol. The Bertz CT molecular complexity index is 531. The first-order valence-corrected chi connectivity index (χ1v) is 7.23. The van der Waals surface area contributed by atoms with Crippen molar-refractivity contribution in [1.29, 1.82) is 0 Å². The van der Waals surface area contributed by atoms with Crippen LogP contribution in [0.4, 0.5) is 5.82 Å². The highest BCUT2D eigenvalue weighted by Gasteiger charge is 2.08. The molecular weight excluding hydrogens is 258 g/mol. The number of aromatic nitrogens is 2. The second kappa shape index (κ2) is 6.12. The van der Waals surface area contributed by atoms with Crippen molar-refractivity contribution in [2.24, 2.45) is 0 Å². The molecule has 0 aliphatic carbocycles. The summed E-state index contributed by atoms with van der Waals surface area (Å²) in [7, 11) is 2.00. The zero-order chi connectivity index (χ0) is 13.8. The summed E-state index contributed by atoms with van der Waals surface area (Å²) in [5.74, 6) is 0.883. The van der Waals surface area contributed by atoms with Crippen LogP contribution in [0.15, 0.2) is 17.5 Å². The van der Waals surface area contributed by atoms with Crippen LogP contribution in [-0.4, -0.2) is 22.1 Å². The lowest BCUT2D eigenvalue weighted by Crippen LogP contribution is -2.18. The van der Waals surface area contributed by atoms with Gasteiger partial charge in [-0.2, -0.15) is 0 Å². The number of hydrogen-bond donors (Lipinski definition) is 1. The molecule has 5 heteroatoms. The van der Waals surface area contributed by atoms with Gasteiger partial charge in [0, 0.05) is 18.1 Å². The van der Waals surface area contributed by atoms with Gasteiger partial charge >= 0.3 is 0 Å². The molecule has 0 saturated heterocycles. The fourth-order valence-electron chi connectivity index (χ4n) is 1.91. The molecule has 0 saturated carbocycles.